The summed E-state index contributed by atoms with van der Waals surface area (Å²) in [6.07, 6.45) is 2.85. The summed E-state index contributed by atoms with van der Waals surface area (Å²) in [6.45, 7) is 0.889. The molecule has 1 amide bonds. The van der Waals surface area contributed by atoms with Crippen molar-refractivity contribution in [3.63, 3.8) is 0 Å². The number of nitrogens with zero attached hydrogens (tertiary/aromatic N) is 2. The van der Waals surface area contributed by atoms with Gasteiger partial charge < -0.3 is 15.5 Å². The summed E-state index contributed by atoms with van der Waals surface area (Å²) in [7, 11) is 0. The van der Waals surface area contributed by atoms with Gasteiger partial charge in [0.25, 0.3) is 0 Å². The molecule has 6 nitrogen and oxygen atoms in total. The fourth-order valence-corrected chi connectivity index (χ4v) is 2.92. The number of carbonyl (C=O) groups is 1. The van der Waals surface area contributed by atoms with E-state index in [0.29, 0.717) is 24.3 Å². The Balaban J connectivity index is 1.53. The van der Waals surface area contributed by atoms with Gasteiger partial charge in [-0.25, -0.2) is 9.18 Å². The highest BCUT2D eigenvalue weighted by Gasteiger charge is 2.28. The molecule has 1 fully saturated rings. The lowest BCUT2D eigenvalue weighted by Gasteiger charge is -2.29. The van der Waals surface area contributed by atoms with Crippen LogP contribution in [0.3, 0.4) is 0 Å². The largest absolute Gasteiger partial charge is 0.443 e. The van der Waals surface area contributed by atoms with Gasteiger partial charge in [-0.15, -0.1) is 5.12 Å². The number of benzene rings is 2. The van der Waals surface area contributed by atoms with Crippen LogP contribution in [0.2, 0.25) is 0 Å². The van der Waals surface area contributed by atoms with E-state index >= 15 is 0 Å². The van der Waals surface area contributed by atoms with Gasteiger partial charge in [-0.05, 0) is 23.8 Å². The van der Waals surface area contributed by atoms with Crippen molar-refractivity contribution in [2.45, 2.75) is 6.10 Å². The average Bonchev–Trinajstić information content (AvgIpc) is 3.25. The number of hydrogen-bond acceptors (Lipinski definition) is 5. The minimum atomic E-state index is -0.415. The number of nitrogens with one attached hydrogen (secondary N) is 2. The SMILES string of the molecule is O=C1NC[C@H](CN2NC=CN2c2ccc(-c3ccccc3)c(F)c2)O1. The van der Waals surface area contributed by atoms with Gasteiger partial charge in [-0.3, -0.25) is 5.01 Å². The van der Waals surface area contributed by atoms with Crippen molar-refractivity contribution in [2.75, 3.05) is 18.1 Å². The third-order valence-corrected chi connectivity index (χ3v) is 4.13. The maximum atomic E-state index is 14.6. The molecule has 2 heterocycles. The smallest absolute Gasteiger partial charge is 0.407 e. The molecule has 2 aromatic rings. The highest BCUT2D eigenvalue weighted by atomic mass is 19.1. The van der Waals surface area contributed by atoms with Gasteiger partial charge in [0, 0.05) is 18.0 Å². The van der Waals surface area contributed by atoms with Crippen LogP contribution in [-0.2, 0) is 4.74 Å². The van der Waals surface area contributed by atoms with Crippen LogP contribution in [0.5, 0.6) is 0 Å². The minimum Gasteiger partial charge on any atom is -0.443 e. The predicted octanol–water partition coefficient (Wildman–Crippen LogP) is 2.61. The number of hydrazine groups is 2. The molecule has 7 heteroatoms. The van der Waals surface area contributed by atoms with Crippen LogP contribution in [0.1, 0.15) is 0 Å². The van der Waals surface area contributed by atoms with Crippen LogP contribution in [0.25, 0.3) is 11.1 Å². The first-order valence-electron chi connectivity index (χ1n) is 8.00. The highest BCUT2D eigenvalue weighted by molar-refractivity contribution is 5.69. The second-order valence-electron chi connectivity index (χ2n) is 5.81. The number of anilines is 1. The number of halogens is 1. The van der Waals surface area contributed by atoms with E-state index in [1.54, 1.807) is 28.6 Å². The van der Waals surface area contributed by atoms with Gasteiger partial charge in [0.2, 0.25) is 0 Å². The Morgan fingerprint density at radius 1 is 1.20 bits per heavy atom. The van der Waals surface area contributed by atoms with E-state index in [4.69, 9.17) is 4.74 Å². The molecule has 2 aliphatic heterocycles. The molecule has 1 atom stereocenters. The van der Waals surface area contributed by atoms with Crippen LogP contribution >= 0.6 is 0 Å². The van der Waals surface area contributed by atoms with E-state index in [1.165, 1.54) is 6.07 Å². The Morgan fingerprint density at radius 3 is 2.76 bits per heavy atom. The van der Waals surface area contributed by atoms with Gasteiger partial charge in [-0.1, -0.05) is 30.3 Å². The molecule has 0 saturated carbocycles. The van der Waals surface area contributed by atoms with Crippen molar-refractivity contribution in [3.05, 3.63) is 66.7 Å². The molecule has 0 radical (unpaired) electrons. The van der Waals surface area contributed by atoms with Gasteiger partial charge in [0.05, 0.1) is 18.8 Å². The van der Waals surface area contributed by atoms with Gasteiger partial charge >= 0.3 is 6.09 Å². The highest BCUT2D eigenvalue weighted by Crippen LogP contribution is 2.28. The zero-order valence-corrected chi connectivity index (χ0v) is 13.4. The van der Waals surface area contributed by atoms with Crippen molar-refractivity contribution in [1.82, 2.24) is 15.9 Å². The summed E-state index contributed by atoms with van der Waals surface area (Å²) < 4.78 is 19.8. The zero-order chi connectivity index (χ0) is 17.2. The first kappa shape index (κ1) is 15.5. The molecule has 1 saturated heterocycles. The predicted molar refractivity (Wildman–Crippen MR) is 91.6 cm³/mol. The number of carbonyl (C=O) groups excluding carboxylic acids is 1. The molecule has 0 aliphatic carbocycles. The molecule has 2 aliphatic rings. The van der Waals surface area contributed by atoms with Crippen LogP contribution < -0.4 is 15.8 Å². The molecular formula is C18H17FN4O2. The van der Waals surface area contributed by atoms with Gasteiger partial charge in [-0.2, -0.15) is 0 Å². The minimum absolute atomic E-state index is 0.268. The number of ether oxygens (including phenoxy) is 1. The third kappa shape index (κ3) is 3.14. The van der Waals surface area contributed by atoms with E-state index < -0.39 is 6.09 Å². The molecule has 0 unspecified atom stereocenters. The fraction of sp³-hybridized carbons (Fsp3) is 0.167. The molecule has 4 rings (SSSR count). The van der Waals surface area contributed by atoms with Crippen molar-refractivity contribution in [3.8, 4) is 11.1 Å². The summed E-state index contributed by atoms with van der Waals surface area (Å²) in [5, 5.41) is 6.17. The monoisotopic (exact) mass is 340 g/mol. The molecule has 2 aromatic carbocycles. The lowest BCUT2D eigenvalue weighted by molar-refractivity contribution is 0.0989. The number of amides is 1. The van der Waals surface area contributed by atoms with E-state index in [1.807, 2.05) is 36.4 Å². The van der Waals surface area contributed by atoms with Crippen molar-refractivity contribution < 1.29 is 13.9 Å². The number of cyclic esters (lactones) is 1. The molecular weight excluding hydrogens is 323 g/mol. The van der Waals surface area contributed by atoms with Crippen molar-refractivity contribution >= 4 is 11.8 Å². The summed E-state index contributed by atoms with van der Waals surface area (Å²) in [5.74, 6) is -0.294. The zero-order valence-electron chi connectivity index (χ0n) is 13.4. The topological polar surface area (TPSA) is 56.8 Å². The summed E-state index contributed by atoms with van der Waals surface area (Å²) >= 11 is 0. The van der Waals surface area contributed by atoms with E-state index in [9.17, 15) is 9.18 Å². The molecule has 25 heavy (non-hydrogen) atoms. The Bertz CT molecular complexity index is 812. The molecule has 2 N–H and O–H groups in total. The van der Waals surface area contributed by atoms with Crippen LogP contribution in [0, 0.1) is 5.82 Å². The maximum absolute atomic E-state index is 14.6. The Kier molecular flexibility index (Phi) is 3.99. The van der Waals surface area contributed by atoms with Crippen LogP contribution in [0.15, 0.2) is 60.9 Å². The maximum Gasteiger partial charge on any atom is 0.407 e. The summed E-state index contributed by atoms with van der Waals surface area (Å²) in [5.41, 5.74) is 5.12. The van der Waals surface area contributed by atoms with Crippen molar-refractivity contribution in [1.29, 1.82) is 0 Å². The molecule has 128 valence electrons. The molecule has 0 aromatic heterocycles. The van der Waals surface area contributed by atoms with Crippen LogP contribution in [-0.4, -0.2) is 30.4 Å². The number of rotatable bonds is 4. The standard InChI is InChI=1S/C18H17FN4O2/c19-17-10-14(6-7-16(17)13-4-2-1-3-5-13)22-9-8-21-23(22)12-15-11-20-18(24)25-15/h1-10,15,21H,11-12H2,(H,20,24)/t15-/m1/s1. The molecule has 0 bridgehead atoms. The average molecular weight is 340 g/mol. The Hall–Kier alpha value is -3.06. The van der Waals surface area contributed by atoms with Gasteiger partial charge in [0.1, 0.15) is 11.9 Å². The second kappa shape index (κ2) is 6.45. The lowest BCUT2D eigenvalue weighted by Crippen LogP contribution is -2.46. The number of alkyl carbamates (subject to hydrolysis) is 1. The van der Waals surface area contributed by atoms with Crippen molar-refractivity contribution in [2.24, 2.45) is 0 Å². The summed E-state index contributed by atoms with van der Waals surface area (Å²) in [4.78, 5) is 11.1. The van der Waals surface area contributed by atoms with Gasteiger partial charge in [0.15, 0.2) is 0 Å². The quantitative estimate of drug-likeness (QED) is 0.896. The Morgan fingerprint density at radius 2 is 2.04 bits per heavy atom. The lowest BCUT2D eigenvalue weighted by atomic mass is 10.0. The normalized spacial score (nSPS) is 19.6. The molecule has 0 spiro atoms. The first-order valence-corrected chi connectivity index (χ1v) is 8.00. The number of hydrogen-bond donors (Lipinski definition) is 2. The third-order valence-electron chi connectivity index (χ3n) is 4.13. The first-order chi connectivity index (χ1) is 12.2. The van der Waals surface area contributed by atoms with E-state index in [-0.39, 0.29) is 11.9 Å². The summed E-state index contributed by atoms with van der Waals surface area (Å²) in [6, 6.07) is 14.5. The van der Waals surface area contributed by atoms with E-state index in [0.717, 1.165) is 5.56 Å². The Labute approximate surface area is 144 Å². The second-order valence-corrected chi connectivity index (χ2v) is 5.81. The van der Waals surface area contributed by atoms with Crippen LogP contribution in [0.4, 0.5) is 14.9 Å². The van der Waals surface area contributed by atoms with E-state index in [2.05, 4.69) is 10.7 Å². The fourth-order valence-electron chi connectivity index (χ4n) is 2.92.